The predicted molar refractivity (Wildman–Crippen MR) is 70.0 cm³/mol. The van der Waals surface area contributed by atoms with Gasteiger partial charge in [0.25, 0.3) is 0 Å². The minimum atomic E-state index is 0.0830. The topological polar surface area (TPSA) is 69.9 Å². The summed E-state index contributed by atoms with van der Waals surface area (Å²) in [4.78, 5) is 13.5. The molecule has 6 heteroatoms. The largest absolute Gasteiger partial charge is 0.345 e. The van der Waals surface area contributed by atoms with Crippen molar-refractivity contribution in [3.63, 3.8) is 0 Å². The van der Waals surface area contributed by atoms with Gasteiger partial charge in [-0.25, -0.2) is 0 Å². The fraction of sp³-hybridized carbons (Fsp3) is 0.500. The third kappa shape index (κ3) is 4.72. The molecule has 0 aliphatic carbocycles. The van der Waals surface area contributed by atoms with Crippen molar-refractivity contribution in [2.45, 2.75) is 24.8 Å². The average molecular weight is 264 g/mol. The maximum absolute atomic E-state index is 11.7. The van der Waals surface area contributed by atoms with Crippen LogP contribution in [-0.2, 0) is 4.79 Å². The van der Waals surface area contributed by atoms with Gasteiger partial charge in [-0.05, 0) is 18.6 Å². The lowest BCUT2D eigenvalue weighted by atomic mass is 10.3. The second-order valence-corrected chi connectivity index (χ2v) is 4.82. The van der Waals surface area contributed by atoms with E-state index in [-0.39, 0.29) is 11.6 Å². The molecule has 0 unspecified atom stereocenters. The van der Waals surface area contributed by atoms with E-state index in [9.17, 15) is 4.79 Å². The monoisotopic (exact) mass is 264 g/mol. The molecule has 5 nitrogen and oxygen atoms in total. The zero-order chi connectivity index (χ0) is 13.4. The fourth-order valence-electron chi connectivity index (χ4n) is 1.22. The van der Waals surface area contributed by atoms with Gasteiger partial charge in [-0.2, -0.15) is 5.26 Å². The number of nitriles is 1. The van der Waals surface area contributed by atoms with Gasteiger partial charge in [0, 0.05) is 13.6 Å². The SMILES string of the molecule is CCCCN(C)C(=O)CSc1ccc(C#N)nn1. The van der Waals surface area contributed by atoms with E-state index < -0.39 is 0 Å². The highest BCUT2D eigenvalue weighted by molar-refractivity contribution is 7.99. The van der Waals surface area contributed by atoms with Gasteiger partial charge in [0.1, 0.15) is 11.1 Å². The molecule has 1 amide bonds. The van der Waals surface area contributed by atoms with Gasteiger partial charge in [-0.15, -0.1) is 10.2 Å². The van der Waals surface area contributed by atoms with Crippen LogP contribution < -0.4 is 0 Å². The van der Waals surface area contributed by atoms with Crippen LogP contribution >= 0.6 is 11.8 Å². The molecule has 0 aliphatic rings. The van der Waals surface area contributed by atoms with Crippen LogP contribution in [0.15, 0.2) is 17.2 Å². The third-order valence-corrected chi connectivity index (χ3v) is 3.28. The first kappa shape index (κ1) is 14.5. The molecule has 1 heterocycles. The number of hydrogen-bond donors (Lipinski definition) is 0. The number of nitrogens with zero attached hydrogens (tertiary/aromatic N) is 4. The summed E-state index contributed by atoms with van der Waals surface area (Å²) < 4.78 is 0. The molecular weight excluding hydrogens is 248 g/mol. The minimum absolute atomic E-state index is 0.0830. The van der Waals surface area contributed by atoms with E-state index in [0.717, 1.165) is 19.4 Å². The Morgan fingerprint density at radius 2 is 2.28 bits per heavy atom. The Morgan fingerprint density at radius 1 is 1.50 bits per heavy atom. The number of hydrogen-bond acceptors (Lipinski definition) is 5. The number of carbonyl (C=O) groups is 1. The summed E-state index contributed by atoms with van der Waals surface area (Å²) in [6, 6.07) is 5.20. The molecule has 1 aromatic rings. The van der Waals surface area contributed by atoms with E-state index in [1.165, 1.54) is 11.8 Å². The molecule has 96 valence electrons. The number of aromatic nitrogens is 2. The standard InChI is InChI=1S/C12H16N4OS/c1-3-4-7-16(2)12(17)9-18-11-6-5-10(8-13)14-15-11/h5-6H,3-4,7,9H2,1-2H3. The van der Waals surface area contributed by atoms with Crippen LogP contribution in [0.3, 0.4) is 0 Å². The lowest BCUT2D eigenvalue weighted by Gasteiger charge is -2.15. The number of unbranched alkanes of at least 4 members (excludes halogenated alkanes) is 1. The van der Waals surface area contributed by atoms with Crippen molar-refractivity contribution in [2.75, 3.05) is 19.3 Å². The molecule has 18 heavy (non-hydrogen) atoms. The molecule has 0 spiro atoms. The summed E-state index contributed by atoms with van der Waals surface area (Å²) >= 11 is 1.34. The molecule has 0 aliphatic heterocycles. The highest BCUT2D eigenvalue weighted by Gasteiger charge is 2.09. The molecule has 1 aromatic heterocycles. The first-order valence-electron chi connectivity index (χ1n) is 5.78. The molecular formula is C12H16N4OS. The zero-order valence-electron chi connectivity index (χ0n) is 10.6. The number of rotatable bonds is 6. The quantitative estimate of drug-likeness (QED) is 0.731. The van der Waals surface area contributed by atoms with Gasteiger partial charge in [0.15, 0.2) is 5.69 Å². The zero-order valence-corrected chi connectivity index (χ0v) is 11.4. The van der Waals surface area contributed by atoms with Gasteiger partial charge in [-0.3, -0.25) is 4.79 Å². The van der Waals surface area contributed by atoms with Gasteiger partial charge < -0.3 is 4.90 Å². The predicted octanol–water partition coefficient (Wildman–Crippen LogP) is 1.70. The highest BCUT2D eigenvalue weighted by atomic mass is 32.2. The van der Waals surface area contributed by atoms with Gasteiger partial charge in [0.2, 0.25) is 5.91 Å². The Labute approximate surface area is 111 Å². The molecule has 0 saturated carbocycles. The fourth-order valence-corrected chi connectivity index (χ4v) is 1.98. The molecule has 0 N–H and O–H groups in total. The Balaban J connectivity index is 2.39. The second-order valence-electron chi connectivity index (χ2n) is 3.83. The van der Waals surface area contributed by atoms with E-state index in [0.29, 0.717) is 10.8 Å². The molecule has 1 rings (SSSR count). The molecule has 0 aromatic carbocycles. The van der Waals surface area contributed by atoms with Gasteiger partial charge in [0.05, 0.1) is 5.75 Å². The van der Waals surface area contributed by atoms with Gasteiger partial charge in [-0.1, -0.05) is 25.1 Å². The van der Waals surface area contributed by atoms with E-state index in [4.69, 9.17) is 5.26 Å². The minimum Gasteiger partial charge on any atom is -0.345 e. The number of carbonyl (C=O) groups excluding carboxylic acids is 1. The maximum atomic E-state index is 11.7. The van der Waals surface area contributed by atoms with Crippen LogP contribution in [-0.4, -0.2) is 40.3 Å². The van der Waals surface area contributed by atoms with Crippen LogP contribution in [0.2, 0.25) is 0 Å². The van der Waals surface area contributed by atoms with Crippen LogP contribution in [0.1, 0.15) is 25.5 Å². The molecule has 0 bridgehead atoms. The average Bonchev–Trinajstić information content (AvgIpc) is 2.42. The van der Waals surface area contributed by atoms with Crippen molar-refractivity contribution in [1.29, 1.82) is 5.26 Å². The summed E-state index contributed by atoms with van der Waals surface area (Å²) in [6.07, 6.45) is 2.09. The maximum Gasteiger partial charge on any atom is 0.232 e. The van der Waals surface area contributed by atoms with E-state index in [1.807, 2.05) is 13.1 Å². The summed E-state index contributed by atoms with van der Waals surface area (Å²) in [7, 11) is 1.81. The first-order chi connectivity index (χ1) is 8.67. The van der Waals surface area contributed by atoms with Gasteiger partial charge >= 0.3 is 0 Å². The second kappa shape index (κ2) is 7.67. The Bertz CT molecular complexity index is 427. The highest BCUT2D eigenvalue weighted by Crippen LogP contribution is 2.14. The molecule has 0 radical (unpaired) electrons. The third-order valence-electron chi connectivity index (χ3n) is 2.37. The van der Waals surface area contributed by atoms with Crippen molar-refractivity contribution in [3.05, 3.63) is 17.8 Å². The van der Waals surface area contributed by atoms with E-state index in [1.54, 1.807) is 17.0 Å². The van der Waals surface area contributed by atoms with Crippen LogP contribution in [0.4, 0.5) is 0 Å². The normalized spacial score (nSPS) is 9.83. The smallest absolute Gasteiger partial charge is 0.232 e. The molecule has 0 atom stereocenters. The summed E-state index contributed by atoms with van der Waals surface area (Å²) in [6.45, 7) is 2.88. The Hall–Kier alpha value is -1.61. The van der Waals surface area contributed by atoms with E-state index >= 15 is 0 Å². The number of thioether (sulfide) groups is 1. The molecule has 0 fully saturated rings. The molecule has 0 saturated heterocycles. The lowest BCUT2D eigenvalue weighted by molar-refractivity contribution is -0.127. The van der Waals surface area contributed by atoms with Crippen molar-refractivity contribution >= 4 is 17.7 Å². The van der Waals surface area contributed by atoms with Crippen molar-refractivity contribution < 1.29 is 4.79 Å². The van der Waals surface area contributed by atoms with Crippen LogP contribution in [0.25, 0.3) is 0 Å². The van der Waals surface area contributed by atoms with Crippen molar-refractivity contribution in [1.82, 2.24) is 15.1 Å². The first-order valence-corrected chi connectivity index (χ1v) is 6.76. The Kier molecular flexibility index (Phi) is 6.15. The summed E-state index contributed by atoms with van der Waals surface area (Å²) in [5.41, 5.74) is 0.283. The van der Waals surface area contributed by atoms with Crippen molar-refractivity contribution in [2.24, 2.45) is 0 Å². The number of amides is 1. The van der Waals surface area contributed by atoms with Crippen LogP contribution in [0.5, 0.6) is 0 Å². The Morgan fingerprint density at radius 3 is 2.83 bits per heavy atom. The van der Waals surface area contributed by atoms with Crippen molar-refractivity contribution in [3.8, 4) is 6.07 Å². The van der Waals surface area contributed by atoms with Crippen LogP contribution in [0, 0.1) is 11.3 Å². The summed E-state index contributed by atoms with van der Waals surface area (Å²) in [5, 5.41) is 16.8. The summed E-state index contributed by atoms with van der Waals surface area (Å²) in [5.74, 6) is 0.431. The lowest BCUT2D eigenvalue weighted by Crippen LogP contribution is -2.29. The van der Waals surface area contributed by atoms with E-state index in [2.05, 4.69) is 17.1 Å².